The van der Waals surface area contributed by atoms with E-state index in [1.54, 1.807) is 30.3 Å². The zero-order valence-electron chi connectivity index (χ0n) is 15.6. The minimum atomic E-state index is -0.341. The number of benzene rings is 2. The van der Waals surface area contributed by atoms with E-state index in [-0.39, 0.29) is 17.5 Å². The molecule has 0 aliphatic rings. The van der Waals surface area contributed by atoms with E-state index >= 15 is 0 Å². The molecule has 1 N–H and O–H groups in total. The van der Waals surface area contributed by atoms with Crippen LogP contribution in [0.2, 0.25) is 0 Å². The summed E-state index contributed by atoms with van der Waals surface area (Å²) < 4.78 is 18.8. The molecule has 1 heterocycles. The molecule has 7 heteroatoms. The number of hydrogen-bond donors (Lipinski definition) is 1. The Kier molecular flexibility index (Phi) is 6.60. The number of nitrogens with zero attached hydrogens (tertiary/aromatic N) is 2. The number of hydrogen-bond acceptors (Lipinski definition) is 5. The summed E-state index contributed by atoms with van der Waals surface area (Å²) in [7, 11) is 0. The van der Waals surface area contributed by atoms with Crippen LogP contribution in [0.4, 0.5) is 10.1 Å². The van der Waals surface area contributed by atoms with Crippen molar-refractivity contribution < 1.29 is 13.9 Å². The van der Waals surface area contributed by atoms with Gasteiger partial charge in [-0.25, -0.2) is 14.4 Å². The smallest absolute Gasteiger partial charge is 0.234 e. The molecule has 3 rings (SSSR count). The fourth-order valence-electron chi connectivity index (χ4n) is 2.51. The molecule has 1 aromatic heterocycles. The molecule has 0 bridgehead atoms. The number of halogens is 1. The first kappa shape index (κ1) is 19.8. The maximum atomic E-state index is 13.5. The maximum Gasteiger partial charge on any atom is 0.234 e. The molecule has 0 unspecified atom stereocenters. The number of amides is 1. The highest BCUT2D eigenvalue weighted by atomic mass is 32.2. The summed E-state index contributed by atoms with van der Waals surface area (Å²) in [6.45, 7) is 4.36. The van der Waals surface area contributed by atoms with Crippen molar-refractivity contribution in [2.24, 2.45) is 0 Å². The van der Waals surface area contributed by atoms with Gasteiger partial charge in [0.1, 0.15) is 16.6 Å². The molecule has 0 saturated carbocycles. The summed E-state index contributed by atoms with van der Waals surface area (Å²) in [6.07, 6.45) is 0. The van der Waals surface area contributed by atoms with Crippen molar-refractivity contribution in [3.63, 3.8) is 0 Å². The largest absolute Gasteiger partial charge is 0.494 e. The van der Waals surface area contributed by atoms with Gasteiger partial charge in [-0.15, -0.1) is 0 Å². The second kappa shape index (κ2) is 9.32. The van der Waals surface area contributed by atoms with E-state index in [0.717, 1.165) is 11.4 Å². The van der Waals surface area contributed by atoms with Crippen LogP contribution in [-0.2, 0) is 4.79 Å². The van der Waals surface area contributed by atoms with E-state index < -0.39 is 0 Å². The molecule has 0 radical (unpaired) electrons. The molecule has 0 atom stereocenters. The summed E-state index contributed by atoms with van der Waals surface area (Å²) in [5.41, 5.74) is 2.06. The third-order valence-electron chi connectivity index (χ3n) is 3.71. The van der Waals surface area contributed by atoms with Crippen molar-refractivity contribution >= 4 is 23.4 Å². The van der Waals surface area contributed by atoms with Crippen molar-refractivity contribution in [3.05, 3.63) is 66.1 Å². The Bertz CT molecular complexity index is 964. The van der Waals surface area contributed by atoms with Crippen LogP contribution in [0, 0.1) is 12.7 Å². The van der Waals surface area contributed by atoms with Crippen LogP contribution >= 0.6 is 11.8 Å². The average Bonchev–Trinajstić information content (AvgIpc) is 2.68. The Morgan fingerprint density at radius 3 is 2.64 bits per heavy atom. The number of carbonyl (C=O) groups excluding carboxylic acids is 1. The lowest BCUT2D eigenvalue weighted by Gasteiger charge is -2.08. The van der Waals surface area contributed by atoms with Crippen molar-refractivity contribution in [2.75, 3.05) is 17.7 Å². The zero-order valence-corrected chi connectivity index (χ0v) is 16.4. The van der Waals surface area contributed by atoms with E-state index in [1.807, 2.05) is 26.0 Å². The van der Waals surface area contributed by atoms with E-state index in [0.29, 0.717) is 28.7 Å². The highest BCUT2D eigenvalue weighted by molar-refractivity contribution is 7.99. The molecule has 2 aromatic carbocycles. The Balaban J connectivity index is 1.63. The van der Waals surface area contributed by atoms with Gasteiger partial charge < -0.3 is 10.1 Å². The molecule has 0 fully saturated rings. The van der Waals surface area contributed by atoms with Crippen LogP contribution in [-0.4, -0.2) is 28.2 Å². The van der Waals surface area contributed by atoms with Crippen molar-refractivity contribution in [3.8, 4) is 17.1 Å². The zero-order chi connectivity index (χ0) is 19.9. The number of carbonyl (C=O) groups is 1. The average molecular weight is 397 g/mol. The molecule has 0 aliphatic heterocycles. The molecule has 0 spiro atoms. The molecule has 144 valence electrons. The van der Waals surface area contributed by atoms with E-state index in [4.69, 9.17) is 4.74 Å². The lowest BCUT2D eigenvalue weighted by atomic mass is 10.2. The van der Waals surface area contributed by atoms with Crippen LogP contribution in [0.15, 0.2) is 59.6 Å². The van der Waals surface area contributed by atoms with Crippen LogP contribution in [0.25, 0.3) is 11.4 Å². The Morgan fingerprint density at radius 2 is 1.93 bits per heavy atom. The van der Waals surface area contributed by atoms with Crippen molar-refractivity contribution in [2.45, 2.75) is 18.9 Å². The SMILES string of the molecule is CCOc1ccc(NC(=O)CSc2cc(C)nc(-c3cccc(F)c3)n2)cc1. The Hall–Kier alpha value is -2.93. The van der Waals surface area contributed by atoms with Crippen LogP contribution < -0.4 is 10.1 Å². The fourth-order valence-corrected chi connectivity index (χ4v) is 3.26. The first-order chi connectivity index (χ1) is 13.5. The summed E-state index contributed by atoms with van der Waals surface area (Å²) in [6, 6.07) is 15.2. The normalized spacial score (nSPS) is 10.5. The third-order valence-corrected chi connectivity index (χ3v) is 4.63. The minimum absolute atomic E-state index is 0.141. The van der Waals surface area contributed by atoms with Gasteiger partial charge in [0.25, 0.3) is 0 Å². The molecular formula is C21H20FN3O2S. The Labute approximate surface area is 167 Å². The van der Waals surface area contributed by atoms with Gasteiger partial charge in [-0.2, -0.15) is 0 Å². The van der Waals surface area contributed by atoms with Gasteiger partial charge in [-0.1, -0.05) is 23.9 Å². The van der Waals surface area contributed by atoms with Crippen molar-refractivity contribution in [1.29, 1.82) is 0 Å². The highest BCUT2D eigenvalue weighted by Crippen LogP contribution is 2.23. The first-order valence-electron chi connectivity index (χ1n) is 8.80. The number of aromatic nitrogens is 2. The number of rotatable bonds is 7. The Morgan fingerprint density at radius 1 is 1.14 bits per heavy atom. The quantitative estimate of drug-likeness (QED) is 0.462. The van der Waals surface area contributed by atoms with Gasteiger partial charge in [-0.3, -0.25) is 4.79 Å². The third kappa shape index (κ3) is 5.53. The van der Waals surface area contributed by atoms with Gasteiger partial charge >= 0.3 is 0 Å². The molecule has 3 aromatic rings. The number of aryl methyl sites for hydroxylation is 1. The second-order valence-corrected chi connectivity index (χ2v) is 6.97. The maximum absolute atomic E-state index is 13.5. The van der Waals surface area contributed by atoms with Crippen molar-refractivity contribution in [1.82, 2.24) is 9.97 Å². The predicted octanol–water partition coefficient (Wildman–Crippen LogP) is 4.72. The fraction of sp³-hybridized carbons (Fsp3) is 0.190. The van der Waals surface area contributed by atoms with E-state index in [1.165, 1.54) is 23.9 Å². The number of ether oxygens (including phenoxy) is 1. The lowest BCUT2D eigenvalue weighted by molar-refractivity contribution is -0.113. The molecule has 5 nitrogen and oxygen atoms in total. The van der Waals surface area contributed by atoms with Crippen LogP contribution in [0.3, 0.4) is 0 Å². The standard InChI is InChI=1S/C21H20FN3O2S/c1-3-27-18-9-7-17(8-10-18)24-19(26)13-28-20-11-14(2)23-21(25-20)15-5-4-6-16(22)12-15/h4-12H,3,13H2,1-2H3,(H,24,26). The first-order valence-corrected chi connectivity index (χ1v) is 9.79. The summed E-state index contributed by atoms with van der Waals surface area (Å²) in [4.78, 5) is 21.0. The van der Waals surface area contributed by atoms with Gasteiger partial charge in [0.05, 0.1) is 12.4 Å². The number of thioether (sulfide) groups is 1. The predicted molar refractivity (Wildman–Crippen MR) is 109 cm³/mol. The topological polar surface area (TPSA) is 64.1 Å². The van der Waals surface area contributed by atoms with Crippen LogP contribution in [0.1, 0.15) is 12.6 Å². The molecule has 0 saturated heterocycles. The van der Waals surface area contributed by atoms with Gasteiger partial charge in [0.15, 0.2) is 5.82 Å². The van der Waals surface area contributed by atoms with E-state index in [2.05, 4.69) is 15.3 Å². The molecular weight excluding hydrogens is 377 g/mol. The number of anilines is 1. The highest BCUT2D eigenvalue weighted by Gasteiger charge is 2.09. The molecule has 28 heavy (non-hydrogen) atoms. The molecule has 1 amide bonds. The number of nitrogens with one attached hydrogen (secondary N) is 1. The summed E-state index contributed by atoms with van der Waals surface area (Å²) in [5.74, 6) is 0.918. The van der Waals surface area contributed by atoms with Gasteiger partial charge in [0, 0.05) is 16.9 Å². The van der Waals surface area contributed by atoms with Gasteiger partial charge in [0.2, 0.25) is 5.91 Å². The lowest BCUT2D eigenvalue weighted by Crippen LogP contribution is -2.14. The monoisotopic (exact) mass is 397 g/mol. The van der Waals surface area contributed by atoms with Gasteiger partial charge in [-0.05, 0) is 56.3 Å². The van der Waals surface area contributed by atoms with Crippen LogP contribution in [0.5, 0.6) is 5.75 Å². The summed E-state index contributed by atoms with van der Waals surface area (Å²) in [5, 5.41) is 3.50. The van der Waals surface area contributed by atoms with E-state index in [9.17, 15) is 9.18 Å². The molecule has 0 aliphatic carbocycles. The summed E-state index contributed by atoms with van der Waals surface area (Å²) >= 11 is 1.30. The second-order valence-electron chi connectivity index (χ2n) is 5.98. The minimum Gasteiger partial charge on any atom is -0.494 e.